The lowest BCUT2D eigenvalue weighted by Crippen LogP contribution is -3.00. The monoisotopic (exact) mass is 273 g/mol. The number of hydrogen-bond donors (Lipinski definition) is 1. The van der Waals surface area contributed by atoms with Gasteiger partial charge in [-0.15, -0.1) is 0 Å². The average molecular weight is 274 g/mol. The van der Waals surface area contributed by atoms with Crippen molar-refractivity contribution in [1.29, 1.82) is 0 Å². The minimum atomic E-state index is 0. The summed E-state index contributed by atoms with van der Waals surface area (Å²) in [7, 11) is 0. The molecule has 0 aromatic rings. The molecule has 3 N–H and O–H groups in total. The van der Waals surface area contributed by atoms with E-state index in [1.807, 2.05) is 0 Å². The van der Waals surface area contributed by atoms with Crippen LogP contribution in [0.4, 0.5) is 0 Å². The molecule has 0 aliphatic rings. The van der Waals surface area contributed by atoms with Crippen molar-refractivity contribution in [2.45, 2.75) is 66.7 Å². The fourth-order valence-electron chi connectivity index (χ4n) is 2.67. The minimum absolute atomic E-state index is 0. The molecular formula is C16H32ClN. The molecule has 0 atom stereocenters. The van der Waals surface area contributed by atoms with Gasteiger partial charge in [0.1, 0.15) is 0 Å². The summed E-state index contributed by atoms with van der Waals surface area (Å²) in [6.45, 7) is 12.4. The molecule has 2 heteroatoms. The van der Waals surface area contributed by atoms with E-state index in [1.54, 1.807) is 5.57 Å². The van der Waals surface area contributed by atoms with Gasteiger partial charge in [0.15, 0.2) is 0 Å². The van der Waals surface area contributed by atoms with Gasteiger partial charge in [0.25, 0.3) is 0 Å². The van der Waals surface area contributed by atoms with Crippen LogP contribution >= 0.6 is 0 Å². The first-order valence-corrected chi connectivity index (χ1v) is 7.18. The Kier molecular flexibility index (Phi) is 11.8. The molecule has 0 heterocycles. The van der Waals surface area contributed by atoms with Crippen LogP contribution in [0.2, 0.25) is 0 Å². The first-order chi connectivity index (χ1) is 8.06. The van der Waals surface area contributed by atoms with Crippen LogP contribution in [0.5, 0.6) is 0 Å². The van der Waals surface area contributed by atoms with E-state index < -0.39 is 0 Å². The molecule has 0 fully saturated rings. The zero-order valence-electron chi connectivity index (χ0n) is 13.0. The molecule has 0 bridgehead atoms. The van der Waals surface area contributed by atoms with Crippen molar-refractivity contribution < 1.29 is 18.1 Å². The molecule has 1 nitrogen and oxygen atoms in total. The third-order valence-electron chi connectivity index (χ3n) is 4.35. The first-order valence-electron chi connectivity index (χ1n) is 7.18. The highest BCUT2D eigenvalue weighted by molar-refractivity contribution is 5.12. The van der Waals surface area contributed by atoms with Crippen molar-refractivity contribution in [2.24, 2.45) is 5.41 Å². The Labute approximate surface area is 120 Å². The van der Waals surface area contributed by atoms with Crippen molar-refractivity contribution in [3.63, 3.8) is 0 Å². The Morgan fingerprint density at radius 1 is 1.00 bits per heavy atom. The molecule has 0 radical (unpaired) electrons. The first kappa shape index (κ1) is 20.1. The van der Waals surface area contributed by atoms with Gasteiger partial charge in [-0.25, -0.2) is 0 Å². The van der Waals surface area contributed by atoms with Crippen molar-refractivity contribution in [3.05, 3.63) is 23.3 Å². The topological polar surface area (TPSA) is 27.6 Å². The standard InChI is InChI=1S/C16H31N.ClH/c1-6-16(7-2,8-3)15(5)11-9-10-14(4)12-13-17;/h11-12H,6-10,13,17H2,1-5H3;1H/b14-12+,15-11+;. The molecule has 18 heavy (non-hydrogen) atoms. The number of quaternary nitrogens is 1. The van der Waals surface area contributed by atoms with E-state index in [9.17, 15) is 0 Å². The van der Waals surface area contributed by atoms with Gasteiger partial charge >= 0.3 is 0 Å². The zero-order valence-corrected chi connectivity index (χ0v) is 13.7. The Hall–Kier alpha value is -0.270. The number of halogens is 1. The lowest BCUT2D eigenvalue weighted by atomic mass is 9.73. The van der Waals surface area contributed by atoms with Gasteiger partial charge in [0, 0.05) is 0 Å². The van der Waals surface area contributed by atoms with Crippen LogP contribution < -0.4 is 18.1 Å². The molecule has 0 aliphatic carbocycles. The van der Waals surface area contributed by atoms with Crippen molar-refractivity contribution in [1.82, 2.24) is 0 Å². The van der Waals surface area contributed by atoms with Gasteiger partial charge in [-0.1, -0.05) is 38.0 Å². The van der Waals surface area contributed by atoms with Crippen molar-refractivity contribution >= 4 is 0 Å². The second-order valence-corrected chi connectivity index (χ2v) is 5.11. The SMILES string of the molecule is CCC(CC)(CC)/C(C)=C/CC/C(C)=C/C[NH3+].[Cl-]. The lowest BCUT2D eigenvalue weighted by molar-refractivity contribution is -0.352. The number of hydrogen-bond acceptors (Lipinski definition) is 0. The van der Waals surface area contributed by atoms with E-state index >= 15 is 0 Å². The van der Waals surface area contributed by atoms with Gasteiger partial charge in [0.2, 0.25) is 0 Å². The maximum Gasteiger partial charge on any atom is 0.0929 e. The van der Waals surface area contributed by atoms with Crippen LogP contribution in [0.3, 0.4) is 0 Å². The lowest BCUT2D eigenvalue weighted by Gasteiger charge is -2.32. The molecule has 0 aromatic heterocycles. The van der Waals surface area contributed by atoms with E-state index in [1.165, 1.54) is 37.7 Å². The van der Waals surface area contributed by atoms with Crippen LogP contribution in [0.25, 0.3) is 0 Å². The second kappa shape index (κ2) is 10.6. The zero-order chi connectivity index (χ0) is 13.3. The van der Waals surface area contributed by atoms with Crippen LogP contribution in [0.15, 0.2) is 23.3 Å². The molecule has 0 rings (SSSR count). The van der Waals surface area contributed by atoms with Gasteiger partial charge < -0.3 is 18.1 Å². The summed E-state index contributed by atoms with van der Waals surface area (Å²) in [4.78, 5) is 0. The molecule has 0 saturated carbocycles. The summed E-state index contributed by atoms with van der Waals surface area (Å²) in [6, 6.07) is 0. The predicted octanol–water partition coefficient (Wildman–Crippen LogP) is 1.12. The number of allylic oxidation sites excluding steroid dienone is 3. The molecule has 0 amide bonds. The minimum Gasteiger partial charge on any atom is -1.00 e. The highest BCUT2D eigenvalue weighted by atomic mass is 35.5. The summed E-state index contributed by atoms with van der Waals surface area (Å²) >= 11 is 0. The summed E-state index contributed by atoms with van der Waals surface area (Å²) in [5, 5.41) is 0. The molecule has 0 unspecified atom stereocenters. The maximum atomic E-state index is 3.86. The van der Waals surface area contributed by atoms with E-state index in [0.29, 0.717) is 5.41 Å². The van der Waals surface area contributed by atoms with Crippen molar-refractivity contribution in [3.8, 4) is 0 Å². The van der Waals surface area contributed by atoms with Gasteiger partial charge in [-0.05, 0) is 57.4 Å². The van der Waals surface area contributed by atoms with Crippen LogP contribution in [0.1, 0.15) is 66.7 Å². The summed E-state index contributed by atoms with van der Waals surface area (Å²) in [6.07, 6.45) is 10.8. The summed E-state index contributed by atoms with van der Waals surface area (Å²) in [5.41, 5.74) is 7.37. The Balaban J connectivity index is 0. The summed E-state index contributed by atoms with van der Waals surface area (Å²) < 4.78 is 0. The van der Waals surface area contributed by atoms with Crippen molar-refractivity contribution in [2.75, 3.05) is 6.54 Å². The van der Waals surface area contributed by atoms with E-state index in [2.05, 4.69) is 52.5 Å². The normalized spacial score (nSPS) is 13.4. The van der Waals surface area contributed by atoms with Gasteiger partial charge in [-0.3, -0.25) is 0 Å². The molecule has 0 aromatic carbocycles. The summed E-state index contributed by atoms with van der Waals surface area (Å²) in [5.74, 6) is 0. The molecule has 0 spiro atoms. The van der Waals surface area contributed by atoms with Crippen LogP contribution in [-0.4, -0.2) is 6.54 Å². The number of rotatable bonds is 8. The Morgan fingerprint density at radius 3 is 1.89 bits per heavy atom. The fourth-order valence-corrected chi connectivity index (χ4v) is 2.67. The molecule has 0 aliphatic heterocycles. The largest absolute Gasteiger partial charge is 1.00 e. The van der Waals surface area contributed by atoms with Gasteiger partial charge in [0.05, 0.1) is 6.54 Å². The maximum absolute atomic E-state index is 3.86. The molecular weight excluding hydrogens is 242 g/mol. The smallest absolute Gasteiger partial charge is 0.0929 e. The van der Waals surface area contributed by atoms with Crippen LogP contribution in [0, 0.1) is 5.41 Å². The quantitative estimate of drug-likeness (QED) is 0.642. The Morgan fingerprint density at radius 2 is 1.50 bits per heavy atom. The third kappa shape index (κ3) is 6.06. The molecule has 0 saturated heterocycles. The van der Waals surface area contributed by atoms with E-state index in [4.69, 9.17) is 0 Å². The second-order valence-electron chi connectivity index (χ2n) is 5.11. The van der Waals surface area contributed by atoms with Crippen LogP contribution in [-0.2, 0) is 0 Å². The Bertz CT molecular complexity index is 254. The highest BCUT2D eigenvalue weighted by Gasteiger charge is 2.25. The fraction of sp³-hybridized carbons (Fsp3) is 0.750. The van der Waals surface area contributed by atoms with E-state index in [0.717, 1.165) is 6.54 Å². The van der Waals surface area contributed by atoms with E-state index in [-0.39, 0.29) is 12.4 Å². The average Bonchev–Trinajstić information content (AvgIpc) is 2.32. The predicted molar refractivity (Wildman–Crippen MR) is 77.8 cm³/mol. The third-order valence-corrected chi connectivity index (χ3v) is 4.35. The highest BCUT2D eigenvalue weighted by Crippen LogP contribution is 2.38. The van der Waals surface area contributed by atoms with Gasteiger partial charge in [-0.2, -0.15) is 0 Å². The molecule has 108 valence electrons.